The summed E-state index contributed by atoms with van der Waals surface area (Å²) in [6.45, 7) is 0.479. The van der Waals surface area contributed by atoms with Crippen molar-refractivity contribution in [2.75, 3.05) is 12.3 Å². The minimum absolute atomic E-state index is 0.0490. The van der Waals surface area contributed by atoms with Gasteiger partial charge in [-0.2, -0.15) is 0 Å². The van der Waals surface area contributed by atoms with Crippen LogP contribution in [-0.2, 0) is 6.42 Å². The van der Waals surface area contributed by atoms with Gasteiger partial charge in [-0.3, -0.25) is 10.1 Å². The highest BCUT2D eigenvalue weighted by atomic mass is 35.5. The van der Waals surface area contributed by atoms with Crippen LogP contribution >= 0.6 is 11.6 Å². The van der Waals surface area contributed by atoms with Crippen LogP contribution in [0.1, 0.15) is 12.0 Å². The first-order valence-electron chi connectivity index (χ1n) is 6.47. The predicted molar refractivity (Wildman–Crippen MR) is 82.8 cm³/mol. The second-order valence-corrected chi connectivity index (χ2v) is 4.98. The van der Waals surface area contributed by atoms with Crippen LogP contribution in [0.4, 0.5) is 11.4 Å². The van der Waals surface area contributed by atoms with Crippen molar-refractivity contribution < 1.29 is 9.66 Å². The van der Waals surface area contributed by atoms with Crippen LogP contribution in [0.3, 0.4) is 0 Å². The van der Waals surface area contributed by atoms with E-state index in [2.05, 4.69) is 0 Å². The molecular formula is C15H15ClN2O3. The minimum atomic E-state index is -0.491. The van der Waals surface area contributed by atoms with Gasteiger partial charge < -0.3 is 10.5 Å². The average molecular weight is 307 g/mol. The normalized spacial score (nSPS) is 10.3. The molecule has 2 aromatic rings. The Labute approximate surface area is 127 Å². The molecule has 0 spiro atoms. The first kappa shape index (κ1) is 15.1. The number of nitro groups is 1. The van der Waals surface area contributed by atoms with Crippen LogP contribution in [0.15, 0.2) is 42.5 Å². The lowest BCUT2D eigenvalue weighted by molar-refractivity contribution is -0.384. The number of nitro benzene ring substituents is 1. The zero-order chi connectivity index (χ0) is 15.2. The number of anilines is 1. The molecule has 0 amide bonds. The molecule has 0 bridgehead atoms. The Kier molecular flexibility index (Phi) is 5.00. The van der Waals surface area contributed by atoms with E-state index in [1.165, 1.54) is 18.2 Å². The van der Waals surface area contributed by atoms with Crippen molar-refractivity contribution in [2.24, 2.45) is 0 Å². The second-order valence-electron chi connectivity index (χ2n) is 4.57. The van der Waals surface area contributed by atoms with Gasteiger partial charge in [0, 0.05) is 17.8 Å². The minimum Gasteiger partial charge on any atom is -0.492 e. The van der Waals surface area contributed by atoms with Crippen molar-refractivity contribution in [2.45, 2.75) is 12.8 Å². The highest BCUT2D eigenvalue weighted by Gasteiger charge is 2.10. The maximum absolute atomic E-state index is 10.6. The van der Waals surface area contributed by atoms with Crippen LogP contribution in [0, 0.1) is 10.1 Å². The number of nitrogen functional groups attached to an aromatic ring is 1. The summed E-state index contributed by atoms with van der Waals surface area (Å²) in [7, 11) is 0. The molecule has 0 aliphatic rings. The molecule has 5 nitrogen and oxygen atoms in total. The summed E-state index contributed by atoms with van der Waals surface area (Å²) in [6, 6.07) is 11.9. The number of ether oxygens (including phenoxy) is 1. The van der Waals surface area contributed by atoms with Gasteiger partial charge in [0.15, 0.2) is 0 Å². The Hall–Kier alpha value is -2.27. The lowest BCUT2D eigenvalue weighted by Gasteiger charge is -2.08. The highest BCUT2D eigenvalue weighted by Crippen LogP contribution is 2.28. The van der Waals surface area contributed by atoms with E-state index in [-0.39, 0.29) is 10.7 Å². The fourth-order valence-corrected chi connectivity index (χ4v) is 2.16. The van der Waals surface area contributed by atoms with E-state index < -0.39 is 4.92 Å². The van der Waals surface area contributed by atoms with Gasteiger partial charge in [-0.15, -0.1) is 0 Å². The van der Waals surface area contributed by atoms with Gasteiger partial charge in [-0.25, -0.2) is 0 Å². The lowest BCUT2D eigenvalue weighted by Crippen LogP contribution is -2.00. The summed E-state index contributed by atoms with van der Waals surface area (Å²) < 4.78 is 5.54. The number of benzene rings is 2. The van der Waals surface area contributed by atoms with Gasteiger partial charge in [0.05, 0.1) is 16.6 Å². The number of hydrogen-bond donors (Lipinski definition) is 1. The molecule has 0 heterocycles. The third-order valence-electron chi connectivity index (χ3n) is 2.94. The van der Waals surface area contributed by atoms with E-state index in [9.17, 15) is 10.1 Å². The number of rotatable bonds is 6. The fourth-order valence-electron chi connectivity index (χ4n) is 1.93. The Morgan fingerprint density at radius 1 is 1.24 bits per heavy atom. The van der Waals surface area contributed by atoms with Crippen LogP contribution in [0.25, 0.3) is 0 Å². The molecule has 6 heteroatoms. The number of halogens is 1. The molecule has 0 aliphatic heterocycles. The van der Waals surface area contributed by atoms with E-state index in [4.69, 9.17) is 22.1 Å². The SMILES string of the molecule is Nc1cccc(CCCOc2ccc([N+](=O)[O-])cc2Cl)c1. The quantitative estimate of drug-likeness (QED) is 0.380. The summed E-state index contributed by atoms with van der Waals surface area (Å²) >= 11 is 5.94. The topological polar surface area (TPSA) is 78.4 Å². The Balaban J connectivity index is 1.85. The molecule has 21 heavy (non-hydrogen) atoms. The van der Waals surface area contributed by atoms with Crippen LogP contribution in [0.5, 0.6) is 5.75 Å². The molecule has 0 saturated carbocycles. The molecule has 0 saturated heterocycles. The average Bonchev–Trinajstić information content (AvgIpc) is 2.45. The molecule has 0 fully saturated rings. The van der Waals surface area contributed by atoms with E-state index in [0.29, 0.717) is 12.4 Å². The first-order chi connectivity index (χ1) is 10.1. The fraction of sp³-hybridized carbons (Fsp3) is 0.200. The zero-order valence-electron chi connectivity index (χ0n) is 11.3. The van der Waals surface area contributed by atoms with Crippen molar-refractivity contribution in [3.05, 3.63) is 63.2 Å². The molecule has 110 valence electrons. The van der Waals surface area contributed by atoms with Gasteiger partial charge in [0.25, 0.3) is 5.69 Å². The van der Waals surface area contributed by atoms with Gasteiger partial charge in [0.2, 0.25) is 0 Å². The van der Waals surface area contributed by atoms with E-state index in [1.807, 2.05) is 24.3 Å². The monoisotopic (exact) mass is 306 g/mol. The summed E-state index contributed by atoms with van der Waals surface area (Å²) in [5.41, 5.74) is 7.55. The second kappa shape index (κ2) is 6.95. The van der Waals surface area contributed by atoms with Crippen LogP contribution < -0.4 is 10.5 Å². The molecular weight excluding hydrogens is 292 g/mol. The van der Waals surface area contributed by atoms with Crippen molar-refractivity contribution in [3.8, 4) is 5.75 Å². The molecule has 0 aromatic heterocycles. The number of aryl methyl sites for hydroxylation is 1. The maximum atomic E-state index is 10.6. The largest absolute Gasteiger partial charge is 0.492 e. The molecule has 0 unspecified atom stereocenters. The van der Waals surface area contributed by atoms with Crippen LogP contribution in [0.2, 0.25) is 5.02 Å². The van der Waals surface area contributed by atoms with Gasteiger partial charge in [0.1, 0.15) is 5.75 Å². The summed E-state index contributed by atoms with van der Waals surface area (Å²) in [5.74, 6) is 0.454. The molecule has 0 radical (unpaired) electrons. The predicted octanol–water partition coefficient (Wildman–Crippen LogP) is 3.84. The van der Waals surface area contributed by atoms with Crippen molar-refractivity contribution in [1.29, 1.82) is 0 Å². The van der Waals surface area contributed by atoms with E-state index in [0.717, 1.165) is 24.1 Å². The van der Waals surface area contributed by atoms with E-state index in [1.54, 1.807) is 0 Å². The highest BCUT2D eigenvalue weighted by molar-refractivity contribution is 6.32. The smallest absolute Gasteiger partial charge is 0.271 e. The molecule has 2 aromatic carbocycles. The molecule has 2 rings (SSSR count). The number of hydrogen-bond acceptors (Lipinski definition) is 4. The number of non-ortho nitro benzene ring substituents is 1. The molecule has 0 aliphatic carbocycles. The maximum Gasteiger partial charge on any atom is 0.271 e. The summed E-state index contributed by atoms with van der Waals surface area (Å²) in [4.78, 5) is 10.1. The van der Waals surface area contributed by atoms with Gasteiger partial charge in [-0.05, 0) is 36.6 Å². The van der Waals surface area contributed by atoms with Crippen molar-refractivity contribution in [1.82, 2.24) is 0 Å². The lowest BCUT2D eigenvalue weighted by atomic mass is 10.1. The third kappa shape index (κ3) is 4.36. The van der Waals surface area contributed by atoms with Gasteiger partial charge >= 0.3 is 0 Å². The molecule has 2 N–H and O–H groups in total. The van der Waals surface area contributed by atoms with Crippen LogP contribution in [-0.4, -0.2) is 11.5 Å². The third-order valence-corrected chi connectivity index (χ3v) is 3.24. The zero-order valence-corrected chi connectivity index (χ0v) is 12.0. The van der Waals surface area contributed by atoms with Gasteiger partial charge in [-0.1, -0.05) is 23.7 Å². The van der Waals surface area contributed by atoms with Crippen molar-refractivity contribution in [3.63, 3.8) is 0 Å². The Morgan fingerprint density at radius 3 is 2.71 bits per heavy atom. The van der Waals surface area contributed by atoms with Crippen molar-refractivity contribution >= 4 is 23.0 Å². The van der Waals surface area contributed by atoms with E-state index >= 15 is 0 Å². The molecule has 0 atom stereocenters. The number of nitrogens with two attached hydrogens (primary N) is 1. The summed E-state index contributed by atoms with van der Waals surface area (Å²) in [6.07, 6.45) is 1.65. The first-order valence-corrected chi connectivity index (χ1v) is 6.85. The Bertz CT molecular complexity index is 647. The standard InChI is InChI=1S/C15H15ClN2O3/c16-14-10-13(18(19)20)6-7-15(14)21-8-2-4-11-3-1-5-12(17)9-11/h1,3,5-7,9-10H,2,4,8,17H2. The number of nitrogens with zero attached hydrogens (tertiary/aromatic N) is 1. The Morgan fingerprint density at radius 2 is 2.05 bits per heavy atom. The summed E-state index contributed by atoms with van der Waals surface area (Å²) in [5, 5.41) is 10.8.